The minimum atomic E-state index is 0.0683. The van der Waals surface area contributed by atoms with Gasteiger partial charge in [0.25, 0.3) is 0 Å². The molecule has 1 aromatic heterocycles. The molecule has 0 saturated carbocycles. The number of nitrogens with one attached hydrogen (secondary N) is 1. The number of halogens is 1. The molecule has 106 valence electrons. The van der Waals surface area contributed by atoms with E-state index in [0.29, 0.717) is 22.5 Å². The highest BCUT2D eigenvalue weighted by atomic mass is 35.5. The number of hydrogen-bond acceptors (Lipinski definition) is 6. The van der Waals surface area contributed by atoms with Crippen LogP contribution in [0.3, 0.4) is 0 Å². The smallest absolute Gasteiger partial charge is 0.226 e. The first kappa shape index (κ1) is 13.4. The summed E-state index contributed by atoms with van der Waals surface area (Å²) in [4.78, 5) is 7.92. The molecule has 2 aromatic carbocycles. The van der Waals surface area contributed by atoms with Gasteiger partial charge in [-0.3, -0.25) is 0 Å². The van der Waals surface area contributed by atoms with Gasteiger partial charge in [0, 0.05) is 21.9 Å². The first-order chi connectivity index (χ1) is 10.2. The number of aromatic nitrogens is 2. The van der Waals surface area contributed by atoms with Gasteiger partial charge in [0.05, 0.1) is 0 Å². The van der Waals surface area contributed by atoms with Gasteiger partial charge >= 0.3 is 0 Å². The average Bonchev–Trinajstić information content (AvgIpc) is 2.50. The lowest BCUT2D eigenvalue weighted by molar-refractivity contribution is 0.468. The summed E-state index contributed by atoms with van der Waals surface area (Å²) in [7, 11) is 0. The fourth-order valence-corrected chi connectivity index (χ4v) is 2.23. The normalized spacial score (nSPS) is 10.6. The Morgan fingerprint density at radius 1 is 1.05 bits per heavy atom. The van der Waals surface area contributed by atoms with E-state index >= 15 is 0 Å². The van der Waals surface area contributed by atoms with Gasteiger partial charge in [0.15, 0.2) is 0 Å². The summed E-state index contributed by atoms with van der Waals surface area (Å²) in [6, 6.07) is 12.8. The van der Waals surface area contributed by atoms with Crippen LogP contribution in [0.25, 0.3) is 10.8 Å². The summed E-state index contributed by atoms with van der Waals surface area (Å²) in [5, 5.41) is 2.43. The molecular weight excluding hydrogens is 290 g/mol. The largest absolute Gasteiger partial charge is 0.438 e. The number of benzene rings is 2. The summed E-state index contributed by atoms with van der Waals surface area (Å²) in [6.07, 6.45) is 0. The highest BCUT2D eigenvalue weighted by Gasteiger charge is 2.09. The lowest BCUT2D eigenvalue weighted by Crippen LogP contribution is -2.10. The lowest BCUT2D eigenvalue weighted by atomic mass is 10.1. The molecule has 0 unspecified atom stereocenters. The summed E-state index contributed by atoms with van der Waals surface area (Å²) in [6.45, 7) is 0. The Balaban J connectivity index is 2.06. The van der Waals surface area contributed by atoms with Crippen molar-refractivity contribution in [2.24, 2.45) is 5.84 Å². The Labute approximate surface area is 125 Å². The maximum absolute atomic E-state index is 6.18. The third-order valence-corrected chi connectivity index (χ3v) is 3.24. The Hall–Kier alpha value is -2.57. The van der Waals surface area contributed by atoms with Crippen LogP contribution < -0.4 is 21.7 Å². The van der Waals surface area contributed by atoms with Crippen molar-refractivity contribution in [1.82, 2.24) is 9.97 Å². The van der Waals surface area contributed by atoms with Crippen molar-refractivity contribution in [3.8, 4) is 11.6 Å². The van der Waals surface area contributed by atoms with Crippen LogP contribution in [0.15, 0.2) is 42.5 Å². The highest BCUT2D eigenvalue weighted by molar-refractivity contribution is 6.35. The molecule has 0 atom stereocenters. The molecule has 0 amide bonds. The van der Waals surface area contributed by atoms with Crippen molar-refractivity contribution >= 4 is 34.1 Å². The van der Waals surface area contributed by atoms with Crippen LogP contribution in [0.4, 0.5) is 11.8 Å². The molecule has 0 spiro atoms. The fourth-order valence-electron chi connectivity index (χ4n) is 2.01. The van der Waals surface area contributed by atoms with Gasteiger partial charge in [-0.05, 0) is 12.1 Å². The molecule has 1 heterocycles. The minimum Gasteiger partial charge on any atom is -0.438 e. The number of fused-ring (bicyclic) bond motifs is 1. The quantitative estimate of drug-likeness (QED) is 0.508. The molecule has 0 bridgehead atoms. The van der Waals surface area contributed by atoms with Crippen molar-refractivity contribution in [1.29, 1.82) is 0 Å². The van der Waals surface area contributed by atoms with Crippen LogP contribution in [0, 0.1) is 0 Å². The van der Waals surface area contributed by atoms with Crippen molar-refractivity contribution in [3.05, 3.63) is 47.5 Å². The third-order valence-electron chi connectivity index (χ3n) is 2.91. The molecule has 0 aliphatic heterocycles. The molecule has 0 aliphatic carbocycles. The predicted octanol–water partition coefficient (Wildman–Crippen LogP) is 2.94. The standard InChI is InChI=1S/C14H12ClN5O/c15-10-5-6-11(9-4-2-1-3-8(9)10)21-13-7-12(20-17)18-14(16)19-13/h1-7H,17H2,(H3,16,18,19,20). The van der Waals surface area contributed by atoms with Gasteiger partial charge in [-0.15, -0.1) is 0 Å². The van der Waals surface area contributed by atoms with Crippen LogP contribution in [-0.2, 0) is 0 Å². The van der Waals surface area contributed by atoms with Crippen molar-refractivity contribution < 1.29 is 4.74 Å². The van der Waals surface area contributed by atoms with Crippen molar-refractivity contribution in [3.63, 3.8) is 0 Å². The summed E-state index contributed by atoms with van der Waals surface area (Å²) in [5.41, 5.74) is 8.01. The molecule has 0 radical (unpaired) electrons. The van der Waals surface area contributed by atoms with E-state index in [4.69, 9.17) is 27.9 Å². The van der Waals surface area contributed by atoms with Gasteiger partial charge in [-0.25, -0.2) is 5.84 Å². The second-order valence-electron chi connectivity index (χ2n) is 4.29. The monoisotopic (exact) mass is 301 g/mol. The maximum atomic E-state index is 6.18. The first-order valence-electron chi connectivity index (χ1n) is 6.13. The van der Waals surface area contributed by atoms with E-state index in [1.807, 2.05) is 24.3 Å². The number of hydrogen-bond donors (Lipinski definition) is 3. The first-order valence-corrected chi connectivity index (χ1v) is 6.51. The zero-order chi connectivity index (χ0) is 14.8. The Kier molecular flexibility index (Phi) is 3.47. The van der Waals surface area contributed by atoms with Crippen molar-refractivity contribution in [2.75, 3.05) is 11.2 Å². The van der Waals surface area contributed by atoms with E-state index in [2.05, 4.69) is 15.4 Å². The number of anilines is 2. The van der Waals surface area contributed by atoms with Gasteiger partial charge in [0.1, 0.15) is 11.6 Å². The van der Waals surface area contributed by atoms with Crippen LogP contribution >= 0.6 is 11.6 Å². The molecule has 3 rings (SSSR count). The molecule has 7 heteroatoms. The number of nitrogen functional groups attached to an aromatic ring is 2. The fraction of sp³-hybridized carbons (Fsp3) is 0. The molecule has 0 aliphatic rings. The maximum Gasteiger partial charge on any atom is 0.226 e. The van der Waals surface area contributed by atoms with Crippen LogP contribution in [0.1, 0.15) is 0 Å². The average molecular weight is 302 g/mol. The molecule has 21 heavy (non-hydrogen) atoms. The second-order valence-corrected chi connectivity index (χ2v) is 4.69. The van der Waals surface area contributed by atoms with Crippen LogP contribution in [0.5, 0.6) is 11.6 Å². The number of hydrazine groups is 1. The van der Waals surface area contributed by atoms with Crippen LogP contribution in [-0.4, -0.2) is 9.97 Å². The minimum absolute atomic E-state index is 0.0683. The summed E-state index contributed by atoms with van der Waals surface area (Å²) in [5.74, 6) is 6.68. The van der Waals surface area contributed by atoms with Gasteiger partial charge in [-0.2, -0.15) is 9.97 Å². The summed E-state index contributed by atoms with van der Waals surface area (Å²) >= 11 is 6.18. The van der Waals surface area contributed by atoms with Gasteiger partial charge in [0.2, 0.25) is 11.8 Å². The Morgan fingerprint density at radius 3 is 2.57 bits per heavy atom. The number of nitrogens with zero attached hydrogens (tertiary/aromatic N) is 2. The number of ether oxygens (including phenoxy) is 1. The van der Waals surface area contributed by atoms with Crippen molar-refractivity contribution in [2.45, 2.75) is 0 Å². The third kappa shape index (κ3) is 2.67. The molecule has 5 N–H and O–H groups in total. The van der Waals surface area contributed by atoms with Gasteiger partial charge < -0.3 is 15.9 Å². The van der Waals surface area contributed by atoms with E-state index < -0.39 is 0 Å². The lowest BCUT2D eigenvalue weighted by Gasteiger charge is -2.10. The summed E-state index contributed by atoms with van der Waals surface area (Å²) < 4.78 is 5.78. The second kappa shape index (κ2) is 5.43. The van der Waals surface area contributed by atoms with E-state index in [9.17, 15) is 0 Å². The number of rotatable bonds is 3. The topological polar surface area (TPSA) is 99.1 Å². The Bertz CT molecular complexity index is 808. The molecule has 0 fully saturated rings. The molecule has 3 aromatic rings. The van der Waals surface area contributed by atoms with Crippen LogP contribution in [0.2, 0.25) is 5.02 Å². The predicted molar refractivity (Wildman–Crippen MR) is 83.3 cm³/mol. The van der Waals surface area contributed by atoms with E-state index in [1.165, 1.54) is 0 Å². The molecule has 0 saturated heterocycles. The number of nitrogens with two attached hydrogens (primary N) is 2. The molecular formula is C14H12ClN5O. The Morgan fingerprint density at radius 2 is 1.81 bits per heavy atom. The van der Waals surface area contributed by atoms with E-state index in [0.717, 1.165) is 10.8 Å². The van der Waals surface area contributed by atoms with E-state index in [-0.39, 0.29) is 5.95 Å². The van der Waals surface area contributed by atoms with Gasteiger partial charge in [-0.1, -0.05) is 35.9 Å². The van der Waals surface area contributed by atoms with E-state index in [1.54, 1.807) is 18.2 Å². The zero-order valence-electron chi connectivity index (χ0n) is 10.9. The zero-order valence-corrected chi connectivity index (χ0v) is 11.6. The SMILES string of the molecule is NNc1cc(Oc2ccc(Cl)c3ccccc23)nc(N)n1. The highest BCUT2D eigenvalue weighted by Crippen LogP contribution is 2.33. The molecule has 6 nitrogen and oxygen atoms in total.